The van der Waals surface area contributed by atoms with Gasteiger partial charge in [-0.3, -0.25) is 10.1 Å². The van der Waals surface area contributed by atoms with Gasteiger partial charge < -0.3 is 14.5 Å². The Kier molecular flexibility index (Phi) is 7.29. The molecule has 0 aliphatic carbocycles. The second-order valence-electron chi connectivity index (χ2n) is 5.32. The number of carbonyl (C=O) groups is 1. The van der Waals surface area contributed by atoms with Crippen LogP contribution in [0.15, 0.2) is 47.1 Å². The van der Waals surface area contributed by atoms with E-state index in [4.69, 9.17) is 21.4 Å². The summed E-state index contributed by atoms with van der Waals surface area (Å²) < 4.78 is 10.7. The predicted molar refractivity (Wildman–Crippen MR) is 98.5 cm³/mol. The number of hydrogen-bond donors (Lipinski definition) is 2. The molecule has 5 nitrogen and oxygen atoms in total. The summed E-state index contributed by atoms with van der Waals surface area (Å²) in [6.07, 6.45) is 6.10. The van der Waals surface area contributed by atoms with Crippen LogP contribution in [0.2, 0.25) is 0 Å². The third kappa shape index (κ3) is 6.04. The lowest BCUT2D eigenvalue weighted by atomic mass is 10.2. The van der Waals surface area contributed by atoms with Gasteiger partial charge in [0.2, 0.25) is 0 Å². The monoisotopic (exact) mass is 346 g/mol. The summed E-state index contributed by atoms with van der Waals surface area (Å²) in [4.78, 5) is 11.8. The van der Waals surface area contributed by atoms with Gasteiger partial charge in [0, 0.05) is 11.8 Å². The van der Waals surface area contributed by atoms with E-state index in [0.717, 1.165) is 17.9 Å². The van der Waals surface area contributed by atoms with Gasteiger partial charge in [-0.15, -0.1) is 0 Å². The molecule has 6 heteroatoms. The highest BCUT2D eigenvalue weighted by molar-refractivity contribution is 7.80. The average Bonchev–Trinajstić information content (AvgIpc) is 3.09. The zero-order chi connectivity index (χ0) is 17.2. The summed E-state index contributed by atoms with van der Waals surface area (Å²) in [7, 11) is 0. The second kappa shape index (κ2) is 9.72. The minimum Gasteiger partial charge on any atom is -0.494 e. The van der Waals surface area contributed by atoms with Crippen LogP contribution in [0.4, 0.5) is 5.69 Å². The minimum absolute atomic E-state index is 0.205. The quantitative estimate of drug-likeness (QED) is 0.549. The van der Waals surface area contributed by atoms with E-state index in [1.54, 1.807) is 12.1 Å². The first-order valence-electron chi connectivity index (χ1n) is 8.07. The normalized spacial score (nSPS) is 10.2. The maximum absolute atomic E-state index is 11.8. The molecule has 0 atom stereocenters. The van der Waals surface area contributed by atoms with E-state index < -0.39 is 0 Å². The van der Waals surface area contributed by atoms with Crippen molar-refractivity contribution in [2.75, 3.05) is 11.9 Å². The summed E-state index contributed by atoms with van der Waals surface area (Å²) in [5.74, 6) is 0.598. The first-order chi connectivity index (χ1) is 11.7. The van der Waals surface area contributed by atoms with E-state index in [0.29, 0.717) is 6.61 Å². The molecule has 1 heterocycles. The lowest BCUT2D eigenvalue weighted by Crippen LogP contribution is -2.33. The molecule has 0 saturated carbocycles. The molecule has 0 saturated heterocycles. The predicted octanol–water partition coefficient (Wildman–Crippen LogP) is 4.37. The van der Waals surface area contributed by atoms with Crippen LogP contribution in [0, 0.1) is 0 Å². The molecule has 24 heavy (non-hydrogen) atoms. The number of hydrogen-bond acceptors (Lipinski definition) is 4. The van der Waals surface area contributed by atoms with E-state index in [1.807, 2.05) is 24.3 Å². The van der Waals surface area contributed by atoms with Crippen LogP contribution in [0.25, 0.3) is 0 Å². The fourth-order valence-electron chi connectivity index (χ4n) is 2.12. The van der Waals surface area contributed by atoms with Crippen molar-refractivity contribution in [2.24, 2.45) is 0 Å². The Balaban J connectivity index is 1.80. The van der Waals surface area contributed by atoms with Gasteiger partial charge in [0.15, 0.2) is 10.9 Å². The molecule has 0 aliphatic heterocycles. The number of ether oxygens (including phenoxy) is 1. The number of rotatable bonds is 8. The number of unbranched alkanes of at least 4 members (excludes halogenated alkanes) is 3. The smallest absolute Gasteiger partial charge is 0.293 e. The molecular formula is C18H22N2O3S. The third-order valence-electron chi connectivity index (χ3n) is 3.33. The molecule has 0 fully saturated rings. The lowest BCUT2D eigenvalue weighted by Gasteiger charge is -2.11. The second-order valence-corrected chi connectivity index (χ2v) is 5.73. The lowest BCUT2D eigenvalue weighted by molar-refractivity contribution is 0.0950. The van der Waals surface area contributed by atoms with Crippen LogP contribution in [-0.2, 0) is 0 Å². The molecule has 0 unspecified atom stereocenters. The number of benzene rings is 1. The van der Waals surface area contributed by atoms with Gasteiger partial charge in [-0.05, 0) is 42.9 Å². The molecule has 0 radical (unpaired) electrons. The van der Waals surface area contributed by atoms with Crippen LogP contribution < -0.4 is 15.4 Å². The van der Waals surface area contributed by atoms with Crippen LogP contribution >= 0.6 is 12.2 Å². The zero-order valence-electron chi connectivity index (χ0n) is 13.7. The van der Waals surface area contributed by atoms with Crippen molar-refractivity contribution in [3.63, 3.8) is 0 Å². The van der Waals surface area contributed by atoms with Crippen molar-refractivity contribution in [2.45, 2.75) is 32.6 Å². The average molecular weight is 346 g/mol. The SMILES string of the molecule is CCCCCCOc1cccc(NC(=S)NC(=O)c2ccco2)c1. The Bertz CT molecular complexity index is 656. The molecule has 1 aromatic carbocycles. The van der Waals surface area contributed by atoms with Crippen molar-refractivity contribution in [1.82, 2.24) is 5.32 Å². The summed E-state index contributed by atoms with van der Waals surface area (Å²) in [6, 6.07) is 10.7. The summed E-state index contributed by atoms with van der Waals surface area (Å²) in [6.45, 7) is 2.88. The molecule has 2 rings (SSSR count). The Morgan fingerprint density at radius 3 is 2.83 bits per heavy atom. The highest BCUT2D eigenvalue weighted by atomic mass is 32.1. The summed E-state index contributed by atoms with van der Waals surface area (Å²) >= 11 is 5.14. The fourth-order valence-corrected chi connectivity index (χ4v) is 2.33. The van der Waals surface area contributed by atoms with Gasteiger partial charge in [0.1, 0.15) is 5.75 Å². The molecule has 0 spiro atoms. The molecule has 2 aromatic rings. The highest BCUT2D eigenvalue weighted by Crippen LogP contribution is 2.18. The number of amides is 1. The van der Waals surface area contributed by atoms with Crippen LogP contribution in [-0.4, -0.2) is 17.6 Å². The van der Waals surface area contributed by atoms with Crippen molar-refractivity contribution in [3.05, 3.63) is 48.4 Å². The van der Waals surface area contributed by atoms with Crippen LogP contribution in [0.1, 0.15) is 43.2 Å². The summed E-state index contributed by atoms with van der Waals surface area (Å²) in [5.41, 5.74) is 0.755. The first kappa shape index (κ1) is 18.0. The highest BCUT2D eigenvalue weighted by Gasteiger charge is 2.10. The Hall–Kier alpha value is -2.34. The Labute approximate surface area is 147 Å². The van der Waals surface area contributed by atoms with Crippen molar-refractivity contribution < 1.29 is 13.9 Å². The van der Waals surface area contributed by atoms with Crippen LogP contribution in [0.3, 0.4) is 0 Å². The van der Waals surface area contributed by atoms with Crippen molar-refractivity contribution >= 4 is 28.9 Å². The first-order valence-corrected chi connectivity index (χ1v) is 8.48. The fraction of sp³-hybridized carbons (Fsp3) is 0.333. The molecule has 1 amide bonds. The third-order valence-corrected chi connectivity index (χ3v) is 3.53. The van der Waals surface area contributed by atoms with Crippen LogP contribution in [0.5, 0.6) is 5.75 Å². The van der Waals surface area contributed by atoms with Gasteiger partial charge >= 0.3 is 0 Å². The molecule has 0 bridgehead atoms. The van der Waals surface area contributed by atoms with Gasteiger partial charge in [-0.2, -0.15) is 0 Å². The molecule has 0 aliphatic rings. The number of anilines is 1. The van der Waals surface area contributed by atoms with E-state index in [1.165, 1.54) is 25.5 Å². The van der Waals surface area contributed by atoms with Crippen molar-refractivity contribution in [1.29, 1.82) is 0 Å². The largest absolute Gasteiger partial charge is 0.494 e. The van der Waals surface area contributed by atoms with Gasteiger partial charge in [0.05, 0.1) is 12.9 Å². The molecule has 128 valence electrons. The van der Waals surface area contributed by atoms with E-state index in [-0.39, 0.29) is 16.8 Å². The van der Waals surface area contributed by atoms with Gasteiger partial charge in [-0.1, -0.05) is 32.3 Å². The number of nitrogens with one attached hydrogen (secondary N) is 2. The summed E-state index contributed by atoms with van der Waals surface area (Å²) in [5, 5.41) is 5.73. The van der Waals surface area contributed by atoms with E-state index >= 15 is 0 Å². The van der Waals surface area contributed by atoms with E-state index in [2.05, 4.69) is 17.6 Å². The molecular weight excluding hydrogens is 324 g/mol. The number of thiocarbonyl (C=S) groups is 1. The number of furan rings is 1. The van der Waals surface area contributed by atoms with Crippen molar-refractivity contribution in [3.8, 4) is 5.75 Å². The number of carbonyl (C=O) groups excluding carboxylic acids is 1. The Morgan fingerprint density at radius 2 is 2.08 bits per heavy atom. The molecule has 2 N–H and O–H groups in total. The Morgan fingerprint density at radius 1 is 1.21 bits per heavy atom. The van der Waals surface area contributed by atoms with Gasteiger partial charge in [0.25, 0.3) is 5.91 Å². The maximum atomic E-state index is 11.8. The topological polar surface area (TPSA) is 63.5 Å². The molecule has 1 aromatic heterocycles. The standard InChI is InChI=1S/C18H22N2O3S/c1-2-3-4-5-11-22-15-9-6-8-14(13-15)19-18(24)20-17(21)16-10-7-12-23-16/h6-10,12-13H,2-5,11H2,1H3,(H2,19,20,21,24). The minimum atomic E-state index is -0.388. The zero-order valence-corrected chi connectivity index (χ0v) is 14.5. The maximum Gasteiger partial charge on any atom is 0.293 e. The van der Waals surface area contributed by atoms with Gasteiger partial charge in [-0.25, -0.2) is 0 Å². The van der Waals surface area contributed by atoms with E-state index in [9.17, 15) is 4.79 Å².